The van der Waals surface area contributed by atoms with Gasteiger partial charge in [0.25, 0.3) is 5.92 Å². The van der Waals surface area contributed by atoms with E-state index in [-0.39, 0.29) is 11.3 Å². The number of hydrogen-bond acceptors (Lipinski definition) is 2. The summed E-state index contributed by atoms with van der Waals surface area (Å²) >= 11 is 0. The summed E-state index contributed by atoms with van der Waals surface area (Å²) in [4.78, 5) is 11.0. The van der Waals surface area contributed by atoms with Crippen molar-refractivity contribution in [3.8, 4) is 5.75 Å². The van der Waals surface area contributed by atoms with Crippen LogP contribution in [0.1, 0.15) is 18.1 Å². The maximum Gasteiger partial charge on any atom is 0.335 e. The van der Waals surface area contributed by atoms with E-state index < -0.39 is 29.4 Å². The van der Waals surface area contributed by atoms with Crippen LogP contribution in [0.15, 0.2) is 17.7 Å². The first-order valence-electron chi connectivity index (χ1n) is 5.49. The smallest absolute Gasteiger partial charge is 0.335 e. The quantitative estimate of drug-likeness (QED) is 0.900. The lowest BCUT2D eigenvalue weighted by molar-refractivity contribution is -0.137. The van der Waals surface area contributed by atoms with Gasteiger partial charge in [0.15, 0.2) is 17.7 Å². The number of hydrogen-bond donors (Lipinski definition) is 1. The molecule has 0 fully saturated rings. The lowest BCUT2D eigenvalue weighted by Crippen LogP contribution is -2.41. The van der Waals surface area contributed by atoms with Gasteiger partial charge in [-0.3, -0.25) is 0 Å². The van der Waals surface area contributed by atoms with Gasteiger partial charge < -0.3 is 9.84 Å². The van der Waals surface area contributed by atoms with Crippen molar-refractivity contribution in [2.75, 3.05) is 0 Å². The molecule has 102 valence electrons. The molecule has 0 bridgehead atoms. The van der Waals surface area contributed by atoms with Crippen molar-refractivity contribution < 1.29 is 27.8 Å². The number of fused-ring (bicyclic) bond motifs is 1. The molecule has 1 aromatic rings. The lowest BCUT2D eigenvalue weighted by Gasteiger charge is -2.29. The number of halogens is 3. The molecule has 0 saturated carbocycles. The highest BCUT2D eigenvalue weighted by Gasteiger charge is 2.44. The Morgan fingerprint density at radius 1 is 1.42 bits per heavy atom. The van der Waals surface area contributed by atoms with Gasteiger partial charge in [-0.2, -0.15) is 0 Å². The summed E-state index contributed by atoms with van der Waals surface area (Å²) in [6.07, 6.45) is -0.978. The van der Waals surface area contributed by atoms with Crippen LogP contribution < -0.4 is 4.74 Å². The third-order valence-corrected chi connectivity index (χ3v) is 2.75. The normalized spacial score (nSPS) is 18.4. The van der Waals surface area contributed by atoms with Crippen molar-refractivity contribution >= 4 is 12.0 Å². The number of alkyl halides is 2. The fourth-order valence-corrected chi connectivity index (χ4v) is 1.96. The summed E-state index contributed by atoms with van der Waals surface area (Å²) in [5, 5.41) is 8.96. The van der Waals surface area contributed by atoms with Crippen molar-refractivity contribution in [3.05, 3.63) is 34.6 Å². The van der Waals surface area contributed by atoms with E-state index in [0.717, 1.165) is 12.1 Å². The summed E-state index contributed by atoms with van der Waals surface area (Å²) in [6, 6.07) is 2.62. The number of carboxylic acids is 1. The molecular formula is C13H11F3O3. The van der Waals surface area contributed by atoms with E-state index in [4.69, 9.17) is 9.84 Å². The maximum atomic E-state index is 13.7. The van der Waals surface area contributed by atoms with Crippen LogP contribution in [-0.4, -0.2) is 23.1 Å². The molecule has 0 radical (unpaired) electrons. The Morgan fingerprint density at radius 2 is 2.05 bits per heavy atom. The molecule has 6 heteroatoms. The molecule has 1 atom stereocenters. The second-order valence-corrected chi connectivity index (χ2v) is 4.52. The molecule has 0 aromatic heterocycles. The Kier molecular flexibility index (Phi) is 3.04. The van der Waals surface area contributed by atoms with Crippen molar-refractivity contribution in [3.63, 3.8) is 0 Å². The van der Waals surface area contributed by atoms with Crippen LogP contribution in [0, 0.1) is 12.7 Å². The van der Waals surface area contributed by atoms with Crippen molar-refractivity contribution in [1.82, 2.24) is 0 Å². The first-order chi connectivity index (χ1) is 8.70. The molecule has 1 heterocycles. The molecule has 3 nitrogen and oxygen atoms in total. The minimum absolute atomic E-state index is 0.149. The Balaban J connectivity index is 2.61. The van der Waals surface area contributed by atoms with Crippen LogP contribution >= 0.6 is 0 Å². The maximum absolute atomic E-state index is 13.7. The summed E-state index contributed by atoms with van der Waals surface area (Å²) in [7, 11) is 0. The summed E-state index contributed by atoms with van der Waals surface area (Å²) in [6.45, 7) is 2.14. The van der Waals surface area contributed by atoms with E-state index in [2.05, 4.69) is 0 Å². The van der Waals surface area contributed by atoms with Gasteiger partial charge in [0.2, 0.25) is 0 Å². The fraction of sp³-hybridized carbons (Fsp3) is 0.308. The molecule has 0 amide bonds. The predicted octanol–water partition coefficient (Wildman–Crippen LogP) is 3.02. The molecule has 19 heavy (non-hydrogen) atoms. The van der Waals surface area contributed by atoms with Crippen LogP contribution in [0.25, 0.3) is 6.08 Å². The van der Waals surface area contributed by atoms with Crippen molar-refractivity contribution in [1.29, 1.82) is 0 Å². The second-order valence-electron chi connectivity index (χ2n) is 4.52. The molecule has 0 aliphatic carbocycles. The van der Waals surface area contributed by atoms with E-state index >= 15 is 0 Å². The molecule has 1 aliphatic rings. The van der Waals surface area contributed by atoms with Crippen LogP contribution in [0.3, 0.4) is 0 Å². The van der Waals surface area contributed by atoms with Crippen LogP contribution in [-0.2, 0) is 4.79 Å². The highest BCUT2D eigenvalue weighted by Crippen LogP contribution is 2.38. The zero-order valence-electron chi connectivity index (χ0n) is 10.2. The topological polar surface area (TPSA) is 46.5 Å². The van der Waals surface area contributed by atoms with Gasteiger partial charge in [-0.25, -0.2) is 18.0 Å². The number of aryl methyl sites for hydroxylation is 1. The largest absolute Gasteiger partial charge is 0.478 e. The van der Waals surface area contributed by atoms with Crippen molar-refractivity contribution in [2.45, 2.75) is 25.9 Å². The summed E-state index contributed by atoms with van der Waals surface area (Å²) < 4.78 is 45.3. The van der Waals surface area contributed by atoms with E-state index in [1.165, 1.54) is 6.07 Å². The monoisotopic (exact) mass is 272 g/mol. The summed E-state index contributed by atoms with van der Waals surface area (Å²) in [5.74, 6) is -6.08. The summed E-state index contributed by atoms with van der Waals surface area (Å²) in [5.41, 5.74) is 0.1000. The molecule has 1 aliphatic heterocycles. The Morgan fingerprint density at radius 3 is 2.58 bits per heavy atom. The van der Waals surface area contributed by atoms with E-state index in [1.807, 2.05) is 0 Å². The first-order valence-corrected chi connectivity index (χ1v) is 5.49. The van der Waals surface area contributed by atoms with Gasteiger partial charge >= 0.3 is 5.97 Å². The van der Waals surface area contributed by atoms with E-state index in [1.54, 1.807) is 6.92 Å². The van der Waals surface area contributed by atoms with Crippen molar-refractivity contribution in [2.24, 2.45) is 0 Å². The number of carboxylic acid groups (broad SMARTS) is 1. The van der Waals surface area contributed by atoms with Crippen LogP contribution in [0.2, 0.25) is 0 Å². The van der Waals surface area contributed by atoms with Gasteiger partial charge in [-0.05, 0) is 30.7 Å². The van der Waals surface area contributed by atoms with Gasteiger partial charge in [0, 0.05) is 12.5 Å². The molecule has 1 unspecified atom stereocenters. The average molecular weight is 272 g/mol. The number of benzene rings is 1. The lowest BCUT2D eigenvalue weighted by atomic mass is 9.97. The van der Waals surface area contributed by atoms with Gasteiger partial charge in [0.05, 0.1) is 5.57 Å². The highest BCUT2D eigenvalue weighted by molar-refractivity contribution is 5.95. The van der Waals surface area contributed by atoms with Gasteiger partial charge in [-0.1, -0.05) is 0 Å². The van der Waals surface area contributed by atoms with E-state index in [0.29, 0.717) is 12.5 Å². The fourth-order valence-electron chi connectivity index (χ4n) is 1.96. The third-order valence-electron chi connectivity index (χ3n) is 2.75. The Labute approximate surface area is 107 Å². The molecule has 1 N–H and O–H groups in total. The van der Waals surface area contributed by atoms with E-state index in [9.17, 15) is 18.0 Å². The Bertz CT molecular complexity index is 573. The van der Waals surface area contributed by atoms with Crippen LogP contribution in [0.4, 0.5) is 13.2 Å². The second kappa shape index (κ2) is 4.29. The molecule has 0 spiro atoms. The predicted molar refractivity (Wildman–Crippen MR) is 61.8 cm³/mol. The number of aliphatic carboxylic acids is 1. The molecular weight excluding hydrogens is 261 g/mol. The Hall–Kier alpha value is -1.98. The zero-order valence-corrected chi connectivity index (χ0v) is 10.2. The minimum Gasteiger partial charge on any atom is -0.478 e. The highest BCUT2D eigenvalue weighted by atomic mass is 19.3. The molecule has 0 saturated heterocycles. The standard InChI is InChI=1S/C13H11F3O3/c1-6-3-7-5-8(12(17)18)11(13(2,15)16)19-10(7)9(14)4-6/h3-5,11H,1-2H3,(H,17,18). The molecule has 2 rings (SSSR count). The number of rotatable bonds is 2. The average Bonchev–Trinajstić information content (AvgIpc) is 2.25. The SMILES string of the molecule is Cc1cc(F)c2c(c1)C=C(C(=O)O)C(C(C)(F)F)O2. The zero-order chi connectivity index (χ0) is 14.4. The number of ether oxygens (including phenoxy) is 1. The first kappa shape index (κ1) is 13.5. The minimum atomic E-state index is -3.43. The molecule has 1 aromatic carbocycles. The third kappa shape index (κ3) is 2.43. The van der Waals surface area contributed by atoms with Gasteiger partial charge in [0.1, 0.15) is 0 Å². The van der Waals surface area contributed by atoms with Gasteiger partial charge in [-0.15, -0.1) is 0 Å². The number of carbonyl (C=O) groups is 1. The van der Waals surface area contributed by atoms with Crippen LogP contribution in [0.5, 0.6) is 5.75 Å².